The lowest BCUT2D eigenvalue weighted by Crippen LogP contribution is -2.69. The zero-order valence-corrected chi connectivity index (χ0v) is 23.6. The summed E-state index contributed by atoms with van der Waals surface area (Å²) in [5.74, 6) is -7.20. The molecule has 5 atom stereocenters. The van der Waals surface area contributed by atoms with Crippen molar-refractivity contribution in [2.24, 2.45) is 11.8 Å². The molecule has 40 heavy (non-hydrogen) atoms. The van der Waals surface area contributed by atoms with Gasteiger partial charge in [0.2, 0.25) is 32.7 Å². The SMILES string of the molecule is Cc1c(Cl)cccc1NCC(=O)N1[C@@H]2CC[C@H]([C@@H]1C(=O)N[C@@H](/C=C(\F)S(C)(=O)=O)C[C@@H]1CCNC1=O)C(F)(F)C2. The number of halogens is 4. The van der Waals surface area contributed by atoms with Crippen molar-refractivity contribution >= 4 is 44.8 Å². The number of amides is 3. The minimum atomic E-state index is -4.26. The Morgan fingerprint density at radius 2 is 2.00 bits per heavy atom. The summed E-state index contributed by atoms with van der Waals surface area (Å²) in [5, 5.41) is 7.01. The molecule has 3 aliphatic heterocycles. The lowest BCUT2D eigenvalue weighted by Gasteiger charge is -2.53. The number of piperidine rings is 2. The molecule has 3 N–H and O–H groups in total. The molecule has 1 aromatic carbocycles. The van der Waals surface area contributed by atoms with Gasteiger partial charge >= 0.3 is 0 Å². The van der Waals surface area contributed by atoms with Crippen LogP contribution in [-0.4, -0.2) is 74.4 Å². The lowest BCUT2D eigenvalue weighted by molar-refractivity contribution is -0.193. The third kappa shape index (κ3) is 6.40. The second-order valence-corrected chi connectivity index (χ2v) is 13.0. The van der Waals surface area contributed by atoms with Gasteiger partial charge in [0.1, 0.15) is 6.04 Å². The van der Waals surface area contributed by atoms with E-state index in [1.807, 2.05) is 0 Å². The van der Waals surface area contributed by atoms with E-state index in [4.69, 9.17) is 11.6 Å². The first-order valence-electron chi connectivity index (χ1n) is 13.0. The summed E-state index contributed by atoms with van der Waals surface area (Å²) in [6, 6.07) is 1.34. The normalized spacial score (nSPS) is 26.8. The highest BCUT2D eigenvalue weighted by atomic mass is 35.5. The monoisotopic (exact) mass is 604 g/mol. The average Bonchev–Trinajstić information content (AvgIpc) is 3.27. The molecule has 14 heteroatoms. The molecular weight excluding hydrogens is 573 g/mol. The number of sulfone groups is 1. The molecule has 0 spiro atoms. The van der Waals surface area contributed by atoms with Crippen molar-refractivity contribution in [3.63, 3.8) is 0 Å². The van der Waals surface area contributed by atoms with E-state index in [0.717, 1.165) is 0 Å². The van der Waals surface area contributed by atoms with Crippen molar-refractivity contribution < 1.29 is 36.0 Å². The van der Waals surface area contributed by atoms with Crippen LogP contribution in [0.25, 0.3) is 0 Å². The summed E-state index contributed by atoms with van der Waals surface area (Å²) in [5.41, 5.74) is 1.27. The number of carbonyl (C=O) groups is 3. The maximum atomic E-state index is 15.0. The average molecular weight is 605 g/mol. The van der Waals surface area contributed by atoms with E-state index in [0.29, 0.717) is 48.0 Å². The summed E-state index contributed by atoms with van der Waals surface area (Å²) in [6.45, 7) is 1.83. The Bertz CT molecular complexity index is 1330. The Hall–Kier alpha value is -2.80. The van der Waals surface area contributed by atoms with Gasteiger partial charge in [-0.05, 0) is 56.4 Å². The minimum Gasteiger partial charge on any atom is -0.376 e. The van der Waals surface area contributed by atoms with E-state index in [2.05, 4.69) is 16.0 Å². The summed E-state index contributed by atoms with van der Waals surface area (Å²) < 4.78 is 67.9. The molecule has 3 heterocycles. The van der Waals surface area contributed by atoms with Gasteiger partial charge < -0.3 is 20.9 Å². The van der Waals surface area contributed by atoms with Crippen LogP contribution in [0.3, 0.4) is 0 Å². The Kier molecular flexibility index (Phi) is 8.74. The molecule has 0 radical (unpaired) electrons. The molecule has 9 nitrogen and oxygen atoms in total. The highest BCUT2D eigenvalue weighted by Crippen LogP contribution is 2.49. The third-order valence-corrected chi connectivity index (χ3v) is 9.16. The van der Waals surface area contributed by atoms with Crippen LogP contribution in [0.1, 0.15) is 37.7 Å². The van der Waals surface area contributed by atoms with Crippen LogP contribution < -0.4 is 16.0 Å². The molecule has 0 aromatic heterocycles. The second-order valence-electron chi connectivity index (χ2n) is 10.7. The molecular formula is C26H32ClF3N4O5S. The molecule has 5 rings (SSSR count). The third-order valence-electron chi connectivity index (χ3n) is 7.91. The van der Waals surface area contributed by atoms with Crippen molar-refractivity contribution in [1.29, 1.82) is 0 Å². The molecule has 220 valence electrons. The molecule has 1 aliphatic carbocycles. The predicted octanol–water partition coefficient (Wildman–Crippen LogP) is 2.94. The number of fused-ring (bicyclic) bond motifs is 3. The Morgan fingerprint density at radius 3 is 2.62 bits per heavy atom. The summed E-state index contributed by atoms with van der Waals surface area (Å²) in [4.78, 5) is 40.3. The van der Waals surface area contributed by atoms with Gasteiger partial charge in [-0.25, -0.2) is 17.2 Å². The molecule has 1 aromatic rings. The Balaban J connectivity index is 1.59. The van der Waals surface area contributed by atoms with Crippen LogP contribution >= 0.6 is 11.6 Å². The quantitative estimate of drug-likeness (QED) is 0.398. The van der Waals surface area contributed by atoms with Crippen LogP contribution in [0.15, 0.2) is 29.4 Å². The molecule has 2 bridgehead atoms. The van der Waals surface area contributed by atoms with Crippen LogP contribution in [0.2, 0.25) is 5.02 Å². The van der Waals surface area contributed by atoms with Crippen molar-refractivity contribution in [1.82, 2.24) is 15.5 Å². The van der Waals surface area contributed by atoms with Gasteiger partial charge in [-0.3, -0.25) is 14.4 Å². The second kappa shape index (κ2) is 11.6. The number of rotatable bonds is 9. The molecule has 3 amide bonds. The number of benzene rings is 1. The van der Waals surface area contributed by atoms with E-state index >= 15 is 8.78 Å². The largest absolute Gasteiger partial charge is 0.376 e. The van der Waals surface area contributed by atoms with Crippen molar-refractivity contribution in [2.75, 3.05) is 24.7 Å². The first-order valence-corrected chi connectivity index (χ1v) is 15.3. The smallest absolute Gasteiger partial charge is 0.255 e. The Labute approximate surface area is 235 Å². The van der Waals surface area contributed by atoms with Gasteiger partial charge in [0.05, 0.1) is 18.5 Å². The molecule has 0 unspecified atom stereocenters. The van der Waals surface area contributed by atoms with Gasteiger partial charge in [0.15, 0.2) is 0 Å². The summed E-state index contributed by atoms with van der Waals surface area (Å²) in [7, 11) is -4.26. The van der Waals surface area contributed by atoms with Crippen molar-refractivity contribution in [3.8, 4) is 0 Å². The van der Waals surface area contributed by atoms with Crippen LogP contribution in [-0.2, 0) is 24.2 Å². The zero-order valence-electron chi connectivity index (χ0n) is 22.1. The van der Waals surface area contributed by atoms with E-state index in [9.17, 15) is 27.2 Å². The van der Waals surface area contributed by atoms with Crippen molar-refractivity contribution in [3.05, 3.63) is 40.0 Å². The fourth-order valence-corrected chi connectivity index (χ4v) is 6.41. The lowest BCUT2D eigenvalue weighted by atomic mass is 9.71. The van der Waals surface area contributed by atoms with Gasteiger partial charge in [0.25, 0.3) is 5.92 Å². The first kappa shape index (κ1) is 30.2. The Morgan fingerprint density at radius 1 is 1.27 bits per heavy atom. The van der Waals surface area contributed by atoms with Crippen LogP contribution in [0, 0.1) is 18.8 Å². The zero-order chi connectivity index (χ0) is 29.4. The topological polar surface area (TPSA) is 125 Å². The maximum Gasteiger partial charge on any atom is 0.255 e. The fourth-order valence-electron chi connectivity index (χ4n) is 5.82. The number of nitrogens with zero attached hydrogens (tertiary/aromatic N) is 1. The van der Waals surface area contributed by atoms with Gasteiger partial charge in [-0.15, -0.1) is 0 Å². The van der Waals surface area contributed by atoms with Gasteiger partial charge in [0, 0.05) is 41.9 Å². The number of nitrogens with one attached hydrogen (secondary N) is 3. The van der Waals surface area contributed by atoms with Gasteiger partial charge in [-0.2, -0.15) is 4.39 Å². The van der Waals surface area contributed by atoms with Crippen molar-refractivity contribution in [2.45, 2.75) is 63.1 Å². The number of carbonyl (C=O) groups excluding carboxylic acids is 3. The molecule has 3 saturated heterocycles. The molecule has 4 fully saturated rings. The summed E-state index contributed by atoms with van der Waals surface area (Å²) >= 11 is 6.14. The van der Waals surface area contributed by atoms with E-state index in [-0.39, 0.29) is 25.3 Å². The van der Waals surface area contributed by atoms with E-state index in [1.54, 1.807) is 25.1 Å². The maximum absolute atomic E-state index is 15.0. The number of hydrogen-bond donors (Lipinski definition) is 3. The highest BCUT2D eigenvalue weighted by molar-refractivity contribution is 7.94. The van der Waals surface area contributed by atoms with Gasteiger partial charge in [-0.1, -0.05) is 17.7 Å². The molecule has 1 saturated carbocycles. The van der Waals surface area contributed by atoms with Crippen LogP contribution in [0.5, 0.6) is 0 Å². The van der Waals surface area contributed by atoms with E-state index < -0.39 is 69.1 Å². The fraction of sp³-hybridized carbons (Fsp3) is 0.577. The minimum absolute atomic E-state index is 0.00357. The van der Waals surface area contributed by atoms with E-state index in [1.165, 1.54) is 4.90 Å². The number of alkyl halides is 2. The first-order chi connectivity index (χ1) is 18.7. The molecule has 4 aliphatic rings. The number of anilines is 1. The standard InChI is InChI=1S/C26H32ClF3N4O5S/c1-14-19(27)4-3-5-20(14)32-13-22(35)34-17-6-7-18(26(29,30)12-17)23(34)25(37)33-16(11-21(28)40(2,38)39)10-15-8-9-31-24(15)36/h3-5,11,15-18,23,32H,6-10,12-13H2,1-2H3,(H,31,36)(H,33,37)/b21-11+/t15-,16+,17+,18+,23+/m0/s1. The highest BCUT2D eigenvalue weighted by Gasteiger charge is 2.60. The van der Waals surface area contributed by atoms with Crippen LogP contribution in [0.4, 0.5) is 18.9 Å². The number of hydrogen-bond acceptors (Lipinski definition) is 6. The predicted molar refractivity (Wildman–Crippen MR) is 143 cm³/mol. The summed E-state index contributed by atoms with van der Waals surface area (Å²) in [6.07, 6.45) is 1.27.